The van der Waals surface area contributed by atoms with Gasteiger partial charge in [-0.3, -0.25) is 4.79 Å². The van der Waals surface area contributed by atoms with Crippen molar-refractivity contribution in [2.45, 2.75) is 25.9 Å². The first-order valence-electron chi connectivity index (χ1n) is 7.40. The van der Waals surface area contributed by atoms with Gasteiger partial charge in [-0.2, -0.15) is 0 Å². The van der Waals surface area contributed by atoms with Crippen LogP contribution in [0.25, 0.3) is 4.85 Å². The van der Waals surface area contributed by atoms with Gasteiger partial charge in [0.2, 0.25) is 0 Å². The van der Waals surface area contributed by atoms with Crippen LogP contribution in [0.5, 0.6) is 0 Å². The zero-order valence-electron chi connectivity index (χ0n) is 13.0. The van der Waals surface area contributed by atoms with E-state index in [9.17, 15) is 9.82 Å². The van der Waals surface area contributed by atoms with Crippen LogP contribution in [0.2, 0.25) is 0 Å². The molecule has 0 saturated carbocycles. The van der Waals surface area contributed by atoms with Crippen molar-refractivity contribution in [1.29, 1.82) is 0 Å². The summed E-state index contributed by atoms with van der Waals surface area (Å²) in [5.41, 5.74) is 3.08. The summed E-state index contributed by atoms with van der Waals surface area (Å²) < 4.78 is 5.53. The molecule has 0 amide bonds. The van der Waals surface area contributed by atoms with Crippen LogP contribution < -0.4 is 5.46 Å². The fourth-order valence-corrected chi connectivity index (χ4v) is 2.89. The summed E-state index contributed by atoms with van der Waals surface area (Å²) in [5, 5.41) is 10.0. The first-order valence-corrected chi connectivity index (χ1v) is 7.40. The van der Waals surface area contributed by atoms with Gasteiger partial charge in [-0.15, -0.1) is 0 Å². The Balaban J connectivity index is 1.82. The molecule has 23 heavy (non-hydrogen) atoms. The van der Waals surface area contributed by atoms with Gasteiger partial charge in [-0.25, -0.2) is 4.85 Å². The first-order chi connectivity index (χ1) is 10.9. The molecule has 1 N–H and O–H groups in total. The Bertz CT molecular complexity index is 806. The van der Waals surface area contributed by atoms with Crippen LogP contribution in [0.4, 0.5) is 5.69 Å². The molecule has 114 valence electrons. The van der Waals surface area contributed by atoms with Crippen LogP contribution in [0.15, 0.2) is 42.5 Å². The Kier molecular flexibility index (Phi) is 3.81. The molecule has 0 saturated heterocycles. The largest absolute Gasteiger partial charge is 0.492 e. The molecule has 0 spiro atoms. The number of Topliss-reactive ketones (excluding diaryl/α,β-unsaturated/α-hetero) is 1. The number of nitrogens with zero attached hydrogens (tertiary/aromatic N) is 1. The predicted octanol–water partition coefficient (Wildman–Crippen LogP) is 2.62. The molecular weight excluding hydrogens is 289 g/mol. The first kappa shape index (κ1) is 15.5. The van der Waals surface area contributed by atoms with Gasteiger partial charge < -0.3 is 9.68 Å². The third-order valence-corrected chi connectivity index (χ3v) is 4.12. The maximum atomic E-state index is 12.4. The second-order valence-electron chi connectivity index (χ2n) is 6.16. The minimum atomic E-state index is -0.951. The van der Waals surface area contributed by atoms with Crippen LogP contribution in [-0.2, 0) is 16.7 Å². The lowest BCUT2D eigenvalue weighted by Gasteiger charge is -2.19. The van der Waals surface area contributed by atoms with Crippen LogP contribution in [0.3, 0.4) is 0 Å². The van der Waals surface area contributed by atoms with Crippen molar-refractivity contribution in [3.8, 4) is 0 Å². The molecule has 2 aromatic carbocycles. The molecule has 4 nitrogen and oxygen atoms in total. The van der Waals surface area contributed by atoms with Gasteiger partial charge in [0.15, 0.2) is 11.5 Å². The SMILES string of the molecule is [C-]#[N+]c1ccc(C(=O)Cc2ccc3c(c2)B(O)OC3(C)C)cc1. The van der Waals surface area contributed by atoms with Crippen LogP contribution in [0.1, 0.15) is 35.3 Å². The van der Waals surface area contributed by atoms with Crippen LogP contribution >= 0.6 is 0 Å². The quantitative estimate of drug-likeness (QED) is 0.539. The van der Waals surface area contributed by atoms with E-state index in [1.165, 1.54) is 0 Å². The standard InChI is InChI=1S/C18H16BNO3/c1-18(2)15-9-4-12(10-16(15)19(22)23-18)11-17(21)13-5-7-14(20-3)8-6-13/h4-10,22H,11H2,1-2H3. The van der Waals surface area contributed by atoms with E-state index in [1.807, 2.05) is 32.0 Å². The highest BCUT2D eigenvalue weighted by Gasteiger charge is 2.40. The fourth-order valence-electron chi connectivity index (χ4n) is 2.89. The molecule has 5 heteroatoms. The van der Waals surface area contributed by atoms with Gasteiger partial charge in [0.25, 0.3) is 0 Å². The predicted molar refractivity (Wildman–Crippen MR) is 88.9 cm³/mol. The molecule has 1 aliphatic heterocycles. The molecule has 0 atom stereocenters. The highest BCUT2D eigenvalue weighted by Crippen LogP contribution is 2.30. The summed E-state index contributed by atoms with van der Waals surface area (Å²) in [5.74, 6) is -0.0193. The highest BCUT2D eigenvalue weighted by atomic mass is 16.5. The van der Waals surface area contributed by atoms with Gasteiger partial charge in [0, 0.05) is 12.0 Å². The molecule has 0 bridgehead atoms. The normalized spacial score (nSPS) is 15.1. The number of benzene rings is 2. The van der Waals surface area contributed by atoms with Gasteiger partial charge in [-0.05, 0) is 30.4 Å². The lowest BCUT2D eigenvalue weighted by atomic mass is 9.77. The van der Waals surface area contributed by atoms with E-state index in [-0.39, 0.29) is 12.2 Å². The van der Waals surface area contributed by atoms with Crippen molar-refractivity contribution in [3.05, 3.63) is 70.6 Å². The zero-order valence-corrected chi connectivity index (χ0v) is 13.0. The van der Waals surface area contributed by atoms with E-state index in [1.54, 1.807) is 24.3 Å². The number of carbonyl (C=O) groups excluding carboxylic acids is 1. The van der Waals surface area contributed by atoms with Gasteiger partial charge in [-0.1, -0.05) is 42.5 Å². The Morgan fingerprint density at radius 2 is 1.96 bits per heavy atom. The van der Waals surface area contributed by atoms with Crippen molar-refractivity contribution in [1.82, 2.24) is 0 Å². The number of fused-ring (bicyclic) bond motifs is 1. The Labute approximate surface area is 135 Å². The van der Waals surface area contributed by atoms with E-state index in [4.69, 9.17) is 11.2 Å². The number of hydrogen-bond donors (Lipinski definition) is 1. The molecule has 0 unspecified atom stereocenters. The monoisotopic (exact) mass is 305 g/mol. The molecule has 1 aliphatic rings. The minimum Gasteiger partial charge on any atom is -0.423 e. The average Bonchev–Trinajstić information content (AvgIpc) is 2.76. The molecule has 3 rings (SSSR count). The van der Waals surface area contributed by atoms with Crippen LogP contribution in [0, 0.1) is 6.57 Å². The fraction of sp³-hybridized carbons (Fsp3) is 0.222. The third-order valence-electron chi connectivity index (χ3n) is 4.12. The molecule has 2 aromatic rings. The maximum Gasteiger partial charge on any atom is 0.492 e. The molecule has 0 aromatic heterocycles. The number of ketones is 1. The summed E-state index contributed by atoms with van der Waals surface area (Å²) in [6.45, 7) is 10.7. The average molecular weight is 305 g/mol. The van der Waals surface area contributed by atoms with Crippen molar-refractivity contribution in [3.63, 3.8) is 0 Å². The Morgan fingerprint density at radius 3 is 2.61 bits per heavy atom. The van der Waals surface area contributed by atoms with E-state index in [2.05, 4.69) is 4.85 Å². The lowest BCUT2D eigenvalue weighted by Crippen LogP contribution is -2.29. The van der Waals surface area contributed by atoms with Gasteiger partial charge >= 0.3 is 7.12 Å². The molecule has 0 fully saturated rings. The lowest BCUT2D eigenvalue weighted by molar-refractivity contribution is 0.0991. The van der Waals surface area contributed by atoms with E-state index >= 15 is 0 Å². The van der Waals surface area contributed by atoms with Crippen molar-refractivity contribution in [2.24, 2.45) is 0 Å². The Morgan fingerprint density at radius 1 is 1.26 bits per heavy atom. The summed E-state index contributed by atoms with van der Waals surface area (Å²) in [6, 6.07) is 12.3. The van der Waals surface area contributed by atoms with Crippen molar-refractivity contribution in [2.75, 3.05) is 0 Å². The van der Waals surface area contributed by atoms with E-state index in [0.29, 0.717) is 11.3 Å². The highest BCUT2D eigenvalue weighted by molar-refractivity contribution is 6.62. The third kappa shape index (κ3) is 2.91. The van der Waals surface area contributed by atoms with E-state index in [0.717, 1.165) is 16.6 Å². The van der Waals surface area contributed by atoms with Crippen molar-refractivity contribution < 1.29 is 14.5 Å². The van der Waals surface area contributed by atoms with E-state index < -0.39 is 12.7 Å². The second-order valence-corrected chi connectivity index (χ2v) is 6.16. The maximum absolute atomic E-state index is 12.4. The molecular formula is C18H16BNO3. The summed E-state index contributed by atoms with van der Waals surface area (Å²) in [7, 11) is -0.951. The van der Waals surface area contributed by atoms with Crippen molar-refractivity contribution >= 4 is 24.1 Å². The number of rotatable bonds is 3. The topological polar surface area (TPSA) is 50.9 Å². The summed E-state index contributed by atoms with van der Waals surface area (Å²) >= 11 is 0. The molecule has 1 heterocycles. The zero-order chi connectivity index (χ0) is 16.6. The molecule has 0 aliphatic carbocycles. The van der Waals surface area contributed by atoms with Gasteiger partial charge in [0.05, 0.1) is 12.2 Å². The second kappa shape index (κ2) is 5.66. The molecule has 0 radical (unpaired) electrons. The summed E-state index contributed by atoms with van der Waals surface area (Å²) in [4.78, 5) is 15.7. The number of carbonyl (C=O) groups is 1. The van der Waals surface area contributed by atoms with Gasteiger partial charge in [0.1, 0.15) is 0 Å². The summed E-state index contributed by atoms with van der Waals surface area (Å²) in [6.07, 6.45) is 0.248. The van der Waals surface area contributed by atoms with Crippen LogP contribution in [-0.4, -0.2) is 17.9 Å². The minimum absolute atomic E-state index is 0.0193. The smallest absolute Gasteiger partial charge is 0.423 e. The number of hydrogen-bond acceptors (Lipinski definition) is 3. The Hall–Kier alpha value is -2.42.